The second-order valence-corrected chi connectivity index (χ2v) is 9.66. The first-order valence-electron chi connectivity index (χ1n) is 10.5. The lowest BCUT2D eigenvalue weighted by Gasteiger charge is -2.33. The van der Waals surface area contributed by atoms with Gasteiger partial charge in [0.05, 0.1) is 24.8 Å². The van der Waals surface area contributed by atoms with Gasteiger partial charge in [0.25, 0.3) is 10.0 Å². The molecule has 1 saturated carbocycles. The number of hydrogen-bond donors (Lipinski definition) is 0. The van der Waals surface area contributed by atoms with Crippen LogP contribution in [0.1, 0.15) is 32.1 Å². The van der Waals surface area contributed by atoms with Gasteiger partial charge in [-0.15, -0.1) is 0 Å². The summed E-state index contributed by atoms with van der Waals surface area (Å²) in [5.41, 5.74) is 0.201. The minimum Gasteiger partial charge on any atom is -0.493 e. The summed E-state index contributed by atoms with van der Waals surface area (Å²) in [6.45, 7) is -0.394. The van der Waals surface area contributed by atoms with E-state index in [0.717, 1.165) is 36.4 Å². The van der Waals surface area contributed by atoms with Crippen LogP contribution in [0.25, 0.3) is 0 Å². The number of amides is 1. The number of carbonyl (C=O) groups excluding carboxylic acids is 1. The standard InChI is InChI=1S/C23H29FN2O5S/c1-25(18-7-5-4-6-8-18)23(27)16-26(19-11-9-17(24)10-12-19)32(28,29)20-13-14-21(30-2)22(15-20)31-3/h9-15,18H,4-8,16H2,1-3H3. The van der Waals surface area contributed by atoms with Crippen LogP contribution < -0.4 is 13.8 Å². The highest BCUT2D eigenvalue weighted by atomic mass is 32.2. The minimum absolute atomic E-state index is 0.0624. The van der Waals surface area contributed by atoms with Gasteiger partial charge in [-0.2, -0.15) is 0 Å². The van der Waals surface area contributed by atoms with Gasteiger partial charge in [-0.05, 0) is 49.2 Å². The molecule has 1 amide bonds. The molecule has 1 fully saturated rings. The Morgan fingerprint density at radius 2 is 1.62 bits per heavy atom. The van der Waals surface area contributed by atoms with E-state index in [4.69, 9.17) is 9.47 Å². The smallest absolute Gasteiger partial charge is 0.264 e. The molecule has 0 saturated heterocycles. The lowest BCUT2D eigenvalue weighted by atomic mass is 9.94. The van der Waals surface area contributed by atoms with Crippen molar-refractivity contribution < 1.29 is 27.1 Å². The maximum atomic E-state index is 13.6. The van der Waals surface area contributed by atoms with Crippen LogP contribution in [0.15, 0.2) is 47.4 Å². The van der Waals surface area contributed by atoms with Gasteiger partial charge in [0, 0.05) is 19.2 Å². The molecule has 32 heavy (non-hydrogen) atoms. The number of sulfonamides is 1. The third-order valence-corrected chi connectivity index (χ3v) is 7.62. The first-order valence-corrected chi connectivity index (χ1v) is 12.0. The average molecular weight is 465 g/mol. The number of anilines is 1. The van der Waals surface area contributed by atoms with Crippen molar-refractivity contribution in [1.29, 1.82) is 0 Å². The summed E-state index contributed by atoms with van der Waals surface area (Å²) in [5, 5.41) is 0. The predicted molar refractivity (Wildman–Crippen MR) is 120 cm³/mol. The topological polar surface area (TPSA) is 76.2 Å². The molecule has 3 rings (SSSR count). The molecule has 7 nitrogen and oxygen atoms in total. The predicted octanol–water partition coefficient (Wildman–Crippen LogP) is 3.83. The summed E-state index contributed by atoms with van der Waals surface area (Å²) in [6, 6.07) is 9.36. The van der Waals surface area contributed by atoms with Crippen molar-refractivity contribution in [3.63, 3.8) is 0 Å². The van der Waals surface area contributed by atoms with E-state index < -0.39 is 22.4 Å². The van der Waals surface area contributed by atoms with Crippen LogP contribution >= 0.6 is 0 Å². The Morgan fingerprint density at radius 3 is 2.22 bits per heavy atom. The second kappa shape index (κ2) is 10.2. The third-order valence-electron chi connectivity index (χ3n) is 5.85. The molecular formula is C23H29FN2O5S. The molecule has 0 N–H and O–H groups in total. The number of hydrogen-bond acceptors (Lipinski definition) is 5. The van der Waals surface area contributed by atoms with Crippen LogP contribution in [0.5, 0.6) is 11.5 Å². The number of likely N-dealkylation sites (N-methyl/N-ethyl adjacent to an activating group) is 1. The number of rotatable bonds is 8. The van der Waals surface area contributed by atoms with E-state index in [1.54, 1.807) is 11.9 Å². The van der Waals surface area contributed by atoms with Crippen molar-refractivity contribution in [2.24, 2.45) is 0 Å². The maximum Gasteiger partial charge on any atom is 0.264 e. The van der Waals surface area contributed by atoms with Crippen molar-refractivity contribution >= 4 is 21.6 Å². The number of benzene rings is 2. The van der Waals surface area contributed by atoms with Crippen LogP contribution in [0.4, 0.5) is 10.1 Å². The highest BCUT2D eigenvalue weighted by molar-refractivity contribution is 7.92. The molecule has 0 aromatic heterocycles. The molecule has 9 heteroatoms. The quantitative estimate of drug-likeness (QED) is 0.594. The van der Waals surface area contributed by atoms with E-state index in [-0.39, 0.29) is 28.3 Å². The molecular weight excluding hydrogens is 435 g/mol. The summed E-state index contributed by atoms with van der Waals surface area (Å²) in [7, 11) is 0.423. The zero-order valence-corrected chi connectivity index (χ0v) is 19.4. The monoisotopic (exact) mass is 464 g/mol. The van der Waals surface area contributed by atoms with E-state index in [9.17, 15) is 17.6 Å². The lowest BCUT2D eigenvalue weighted by Crippen LogP contribution is -2.45. The minimum atomic E-state index is -4.16. The first-order chi connectivity index (χ1) is 15.3. The molecule has 1 aliphatic rings. The SMILES string of the molecule is COc1ccc(S(=O)(=O)N(CC(=O)N(C)C2CCCCC2)c2ccc(F)cc2)cc1OC. The van der Waals surface area contributed by atoms with Gasteiger partial charge in [-0.25, -0.2) is 12.8 Å². The van der Waals surface area contributed by atoms with E-state index in [2.05, 4.69) is 0 Å². The van der Waals surface area contributed by atoms with E-state index in [1.807, 2.05) is 0 Å². The highest BCUT2D eigenvalue weighted by Crippen LogP contribution is 2.32. The summed E-state index contributed by atoms with van der Waals surface area (Å²) in [4.78, 5) is 14.7. The fourth-order valence-corrected chi connectivity index (χ4v) is 5.36. The van der Waals surface area contributed by atoms with Crippen molar-refractivity contribution in [3.8, 4) is 11.5 Å². The molecule has 0 radical (unpaired) electrons. The molecule has 1 aliphatic carbocycles. The molecule has 0 bridgehead atoms. The number of carbonyl (C=O) groups is 1. The van der Waals surface area contributed by atoms with Crippen LogP contribution in [-0.4, -0.2) is 53.1 Å². The Kier molecular flexibility index (Phi) is 7.60. The number of halogens is 1. The zero-order valence-electron chi connectivity index (χ0n) is 18.6. The van der Waals surface area contributed by atoms with Gasteiger partial charge in [-0.1, -0.05) is 19.3 Å². The van der Waals surface area contributed by atoms with Crippen molar-refractivity contribution in [1.82, 2.24) is 4.90 Å². The van der Waals surface area contributed by atoms with Gasteiger partial charge >= 0.3 is 0 Å². The van der Waals surface area contributed by atoms with Gasteiger partial charge in [0.15, 0.2) is 11.5 Å². The molecule has 2 aromatic carbocycles. The van der Waals surface area contributed by atoms with Crippen molar-refractivity contribution in [2.45, 2.75) is 43.0 Å². The summed E-state index contributed by atoms with van der Waals surface area (Å²) in [6.07, 6.45) is 5.05. The summed E-state index contributed by atoms with van der Waals surface area (Å²) >= 11 is 0. The van der Waals surface area contributed by atoms with Crippen LogP contribution in [0, 0.1) is 5.82 Å². The van der Waals surface area contributed by atoms with Gasteiger partial charge in [-0.3, -0.25) is 9.10 Å². The fourth-order valence-electron chi connectivity index (χ4n) is 3.93. The molecule has 0 heterocycles. The van der Waals surface area contributed by atoms with Crippen molar-refractivity contribution in [2.75, 3.05) is 32.1 Å². The number of nitrogens with zero attached hydrogens (tertiary/aromatic N) is 2. The van der Waals surface area contributed by atoms with Crippen LogP contribution in [-0.2, 0) is 14.8 Å². The number of ether oxygens (including phenoxy) is 2. The van der Waals surface area contributed by atoms with Crippen molar-refractivity contribution in [3.05, 3.63) is 48.3 Å². The van der Waals surface area contributed by atoms with Gasteiger partial charge < -0.3 is 14.4 Å². The summed E-state index contributed by atoms with van der Waals surface area (Å²) < 4.78 is 52.1. The second-order valence-electron chi connectivity index (χ2n) is 7.80. The molecule has 0 aliphatic heterocycles. The number of methoxy groups -OCH3 is 2. The Hall–Kier alpha value is -2.81. The molecule has 0 atom stereocenters. The average Bonchev–Trinajstić information content (AvgIpc) is 2.82. The Morgan fingerprint density at radius 1 is 1.00 bits per heavy atom. The molecule has 0 spiro atoms. The van der Waals surface area contributed by atoms with Crippen LogP contribution in [0.3, 0.4) is 0 Å². The Balaban J connectivity index is 1.97. The molecule has 0 unspecified atom stereocenters. The zero-order chi connectivity index (χ0) is 23.3. The highest BCUT2D eigenvalue weighted by Gasteiger charge is 2.31. The normalized spacial score (nSPS) is 14.6. The molecule has 2 aromatic rings. The van der Waals surface area contributed by atoms with Gasteiger partial charge in [0.2, 0.25) is 5.91 Å². The Labute approximate surface area is 188 Å². The van der Waals surface area contributed by atoms with E-state index in [1.165, 1.54) is 56.7 Å². The van der Waals surface area contributed by atoms with E-state index >= 15 is 0 Å². The largest absolute Gasteiger partial charge is 0.493 e. The molecule has 174 valence electrons. The maximum absolute atomic E-state index is 13.6. The summed E-state index contributed by atoms with van der Waals surface area (Å²) in [5.74, 6) is -0.181. The van der Waals surface area contributed by atoms with Crippen LogP contribution in [0.2, 0.25) is 0 Å². The fraction of sp³-hybridized carbons (Fsp3) is 0.435. The first kappa shape index (κ1) is 23.8. The third kappa shape index (κ3) is 5.15. The van der Waals surface area contributed by atoms with E-state index in [0.29, 0.717) is 5.75 Å². The lowest BCUT2D eigenvalue weighted by molar-refractivity contribution is -0.130. The van der Waals surface area contributed by atoms with Gasteiger partial charge in [0.1, 0.15) is 12.4 Å². The Bertz CT molecular complexity index is 1040.